The predicted molar refractivity (Wildman–Crippen MR) is 83.3 cm³/mol. The number of hydrogen-bond acceptors (Lipinski definition) is 6. The second-order valence-corrected chi connectivity index (χ2v) is 4.87. The average Bonchev–Trinajstić information content (AvgIpc) is 2.52. The zero-order valence-corrected chi connectivity index (χ0v) is 12.9. The van der Waals surface area contributed by atoms with Crippen molar-refractivity contribution < 1.29 is 28.9 Å². The van der Waals surface area contributed by atoms with E-state index in [1.54, 1.807) is 18.2 Å². The highest BCUT2D eigenvalue weighted by molar-refractivity contribution is 7.27. The van der Waals surface area contributed by atoms with Crippen molar-refractivity contribution in [2.24, 2.45) is 5.73 Å². The second kappa shape index (κ2) is 7.38. The standard InChI is InChI=1S/C15H12NO6P/c16-15(19)20-11-7-3-1-5-9(11)13(17)21-22-14(18)10-6-2-4-8-12(10)23/h1-8H,23H2,(H2,16,19). The fourth-order valence-corrected chi connectivity index (χ4v) is 2.01. The number of nitrogens with two attached hydrogens (primary N) is 1. The van der Waals surface area contributed by atoms with Crippen LogP contribution in [0.5, 0.6) is 5.75 Å². The number of primary amides is 1. The molecule has 2 N–H and O–H groups in total. The Bertz CT molecular complexity index is 761. The summed E-state index contributed by atoms with van der Waals surface area (Å²) in [6.45, 7) is 0. The van der Waals surface area contributed by atoms with Crippen molar-refractivity contribution >= 4 is 32.6 Å². The number of benzene rings is 2. The molecule has 0 saturated heterocycles. The van der Waals surface area contributed by atoms with Gasteiger partial charge in [-0.3, -0.25) is 0 Å². The van der Waals surface area contributed by atoms with Crippen molar-refractivity contribution in [1.29, 1.82) is 0 Å². The third-order valence-corrected chi connectivity index (χ3v) is 3.19. The summed E-state index contributed by atoms with van der Waals surface area (Å²) in [5.41, 5.74) is 5.02. The molecule has 1 unspecified atom stereocenters. The van der Waals surface area contributed by atoms with E-state index in [2.05, 4.69) is 23.8 Å². The molecule has 1 amide bonds. The third-order valence-electron chi connectivity index (χ3n) is 2.69. The molecular weight excluding hydrogens is 321 g/mol. The number of carbonyl (C=O) groups is 3. The summed E-state index contributed by atoms with van der Waals surface area (Å²) in [5, 5.41) is 0.589. The first-order valence-corrected chi connectivity index (χ1v) is 6.90. The van der Waals surface area contributed by atoms with Gasteiger partial charge in [0, 0.05) is 0 Å². The van der Waals surface area contributed by atoms with Crippen molar-refractivity contribution in [1.82, 2.24) is 0 Å². The van der Waals surface area contributed by atoms with Gasteiger partial charge in [-0.15, -0.1) is 9.24 Å². The summed E-state index contributed by atoms with van der Waals surface area (Å²) < 4.78 is 4.67. The monoisotopic (exact) mass is 333 g/mol. The van der Waals surface area contributed by atoms with Gasteiger partial charge in [-0.1, -0.05) is 30.3 Å². The molecule has 0 aliphatic heterocycles. The van der Waals surface area contributed by atoms with Crippen molar-refractivity contribution in [2.45, 2.75) is 0 Å². The van der Waals surface area contributed by atoms with Crippen molar-refractivity contribution in [3.8, 4) is 5.75 Å². The molecular formula is C15H12NO6P. The highest BCUT2D eigenvalue weighted by Gasteiger charge is 2.19. The molecule has 2 aromatic rings. The molecule has 0 radical (unpaired) electrons. The SMILES string of the molecule is NC(=O)Oc1ccccc1C(=O)OOC(=O)c1ccccc1P. The van der Waals surface area contributed by atoms with Crippen LogP contribution in [0.1, 0.15) is 20.7 Å². The molecule has 0 aliphatic rings. The summed E-state index contributed by atoms with van der Waals surface area (Å²) >= 11 is 0. The van der Waals surface area contributed by atoms with Gasteiger partial charge in [-0.05, 0) is 23.5 Å². The first-order valence-electron chi connectivity index (χ1n) is 6.33. The maximum absolute atomic E-state index is 11.9. The van der Waals surface area contributed by atoms with Gasteiger partial charge in [0.25, 0.3) is 0 Å². The number of carbonyl (C=O) groups excluding carboxylic acids is 3. The zero-order chi connectivity index (χ0) is 16.8. The van der Waals surface area contributed by atoms with Crippen LogP contribution in [0, 0.1) is 0 Å². The number of ether oxygens (including phenoxy) is 1. The lowest BCUT2D eigenvalue weighted by Gasteiger charge is -2.08. The minimum absolute atomic E-state index is 0.104. The molecule has 0 bridgehead atoms. The maximum atomic E-state index is 11.9. The van der Waals surface area contributed by atoms with E-state index < -0.39 is 18.0 Å². The molecule has 2 aromatic carbocycles. The number of para-hydroxylation sites is 1. The van der Waals surface area contributed by atoms with E-state index in [9.17, 15) is 14.4 Å². The van der Waals surface area contributed by atoms with Crippen LogP contribution < -0.4 is 15.8 Å². The number of hydrogen-bond donors (Lipinski definition) is 1. The molecule has 0 aliphatic carbocycles. The second-order valence-electron chi connectivity index (χ2n) is 4.25. The van der Waals surface area contributed by atoms with E-state index >= 15 is 0 Å². The van der Waals surface area contributed by atoms with Crippen LogP contribution in [0.25, 0.3) is 0 Å². The average molecular weight is 333 g/mol. The first kappa shape index (κ1) is 16.5. The van der Waals surface area contributed by atoms with E-state index in [0.29, 0.717) is 5.30 Å². The lowest BCUT2D eigenvalue weighted by Crippen LogP contribution is -2.19. The molecule has 0 aromatic heterocycles. The van der Waals surface area contributed by atoms with Gasteiger partial charge in [0.2, 0.25) is 0 Å². The summed E-state index contributed by atoms with van der Waals surface area (Å²) in [6.07, 6.45) is -1.08. The Morgan fingerprint density at radius 2 is 1.35 bits per heavy atom. The Morgan fingerprint density at radius 3 is 1.96 bits per heavy atom. The van der Waals surface area contributed by atoms with Gasteiger partial charge in [0.1, 0.15) is 11.3 Å². The Balaban J connectivity index is 2.07. The van der Waals surface area contributed by atoms with Crippen molar-refractivity contribution in [3.63, 3.8) is 0 Å². The maximum Gasteiger partial charge on any atom is 0.409 e. The van der Waals surface area contributed by atoms with Gasteiger partial charge < -0.3 is 10.5 Å². The highest BCUT2D eigenvalue weighted by atomic mass is 31.0. The van der Waals surface area contributed by atoms with Crippen LogP contribution in [0.2, 0.25) is 0 Å². The lowest BCUT2D eigenvalue weighted by atomic mass is 10.2. The molecule has 118 valence electrons. The van der Waals surface area contributed by atoms with Crippen LogP contribution >= 0.6 is 9.24 Å². The van der Waals surface area contributed by atoms with Crippen molar-refractivity contribution in [2.75, 3.05) is 0 Å². The molecule has 23 heavy (non-hydrogen) atoms. The van der Waals surface area contributed by atoms with E-state index in [4.69, 9.17) is 5.73 Å². The van der Waals surface area contributed by atoms with Gasteiger partial charge in [-0.2, -0.15) is 0 Å². The van der Waals surface area contributed by atoms with E-state index in [1.165, 1.54) is 30.3 Å². The fraction of sp³-hybridized carbons (Fsp3) is 0. The molecule has 0 saturated carbocycles. The number of amides is 1. The van der Waals surface area contributed by atoms with Crippen LogP contribution in [0.4, 0.5) is 4.79 Å². The summed E-state index contributed by atoms with van der Waals surface area (Å²) in [7, 11) is 2.36. The minimum atomic E-state index is -1.08. The van der Waals surface area contributed by atoms with E-state index in [0.717, 1.165) is 0 Å². The van der Waals surface area contributed by atoms with Crippen LogP contribution in [-0.4, -0.2) is 18.0 Å². The Kier molecular flexibility index (Phi) is 5.28. The van der Waals surface area contributed by atoms with Crippen LogP contribution in [0.15, 0.2) is 48.5 Å². The van der Waals surface area contributed by atoms with Crippen molar-refractivity contribution in [3.05, 3.63) is 59.7 Å². The topological polar surface area (TPSA) is 105 Å². The normalized spacial score (nSPS) is 9.78. The fourth-order valence-electron chi connectivity index (χ4n) is 1.68. The Morgan fingerprint density at radius 1 is 0.826 bits per heavy atom. The minimum Gasteiger partial charge on any atom is -0.410 e. The molecule has 1 atom stereocenters. The molecule has 0 spiro atoms. The van der Waals surface area contributed by atoms with Gasteiger partial charge in [0.05, 0.1) is 5.56 Å². The lowest BCUT2D eigenvalue weighted by molar-refractivity contribution is -0.187. The van der Waals surface area contributed by atoms with E-state index in [-0.39, 0.29) is 16.9 Å². The quantitative estimate of drug-likeness (QED) is 0.519. The summed E-state index contributed by atoms with van der Waals surface area (Å²) in [6, 6.07) is 12.3. The van der Waals surface area contributed by atoms with Gasteiger partial charge >= 0.3 is 18.0 Å². The molecule has 2 rings (SSSR count). The predicted octanol–water partition coefficient (Wildman–Crippen LogP) is 1.57. The Hall–Kier alpha value is -2.92. The highest BCUT2D eigenvalue weighted by Crippen LogP contribution is 2.19. The number of rotatable bonds is 3. The first-order chi connectivity index (χ1) is 11.0. The largest absolute Gasteiger partial charge is 0.410 e. The van der Waals surface area contributed by atoms with Gasteiger partial charge in [-0.25, -0.2) is 24.2 Å². The third kappa shape index (κ3) is 4.28. The summed E-state index contributed by atoms with van der Waals surface area (Å²) in [4.78, 5) is 43.6. The summed E-state index contributed by atoms with van der Waals surface area (Å²) in [5.74, 6) is -1.94. The van der Waals surface area contributed by atoms with E-state index in [1.807, 2.05) is 0 Å². The van der Waals surface area contributed by atoms with Crippen LogP contribution in [0.3, 0.4) is 0 Å². The molecule has 0 fully saturated rings. The Labute approximate surface area is 133 Å². The zero-order valence-electron chi connectivity index (χ0n) is 11.7. The molecule has 7 nitrogen and oxygen atoms in total. The molecule has 0 heterocycles. The van der Waals surface area contributed by atoms with Gasteiger partial charge in [0.15, 0.2) is 0 Å². The van der Waals surface area contributed by atoms with Crippen LogP contribution in [-0.2, 0) is 9.78 Å². The molecule has 8 heteroatoms. The smallest absolute Gasteiger partial charge is 0.409 e.